The van der Waals surface area contributed by atoms with Gasteiger partial charge in [0.15, 0.2) is 5.11 Å². The van der Waals surface area contributed by atoms with Gasteiger partial charge >= 0.3 is 5.97 Å². The van der Waals surface area contributed by atoms with Crippen molar-refractivity contribution in [1.29, 1.82) is 0 Å². The van der Waals surface area contributed by atoms with Crippen molar-refractivity contribution in [3.63, 3.8) is 0 Å². The maximum atomic E-state index is 12.3. The second-order valence-corrected chi connectivity index (χ2v) is 7.27. The Morgan fingerprint density at radius 3 is 2.67 bits per heavy atom. The van der Waals surface area contributed by atoms with Gasteiger partial charge in [-0.05, 0) is 50.5 Å². The van der Waals surface area contributed by atoms with E-state index in [1.165, 1.54) is 16.9 Å². The van der Waals surface area contributed by atoms with Crippen molar-refractivity contribution >= 4 is 40.3 Å². The van der Waals surface area contributed by atoms with Crippen LogP contribution in [0.3, 0.4) is 0 Å². The molecule has 0 amide bonds. The fraction of sp³-hybridized carbons (Fsp3) is 0.333. The molecule has 1 saturated carbocycles. The van der Waals surface area contributed by atoms with Crippen LogP contribution in [0.25, 0.3) is 10.4 Å². The number of hydrogen-bond donors (Lipinski definition) is 2. The standard InChI is InChI=1S/C18H20N2O2S2/c1-3-22-17(21)16-14(20-18(23)19-13-8-9-13)10-15(24-16)12-6-4-11(2)5-7-12/h4-7,10,13H,3,8-9H2,1-2H3,(H2,19,20,23). The predicted molar refractivity (Wildman–Crippen MR) is 103 cm³/mol. The van der Waals surface area contributed by atoms with E-state index in [-0.39, 0.29) is 5.97 Å². The van der Waals surface area contributed by atoms with Gasteiger partial charge in [-0.1, -0.05) is 29.8 Å². The average molecular weight is 361 g/mol. The first kappa shape index (κ1) is 16.9. The van der Waals surface area contributed by atoms with Crippen LogP contribution in [-0.4, -0.2) is 23.7 Å². The molecule has 0 unspecified atom stereocenters. The number of rotatable bonds is 5. The highest BCUT2D eigenvalue weighted by Crippen LogP contribution is 2.35. The molecule has 4 nitrogen and oxygen atoms in total. The number of aryl methyl sites for hydroxylation is 1. The zero-order chi connectivity index (χ0) is 17.1. The molecule has 0 atom stereocenters. The Kier molecular flexibility index (Phi) is 5.16. The molecule has 126 valence electrons. The number of benzene rings is 1. The van der Waals surface area contributed by atoms with Crippen LogP contribution in [0.1, 0.15) is 35.0 Å². The lowest BCUT2D eigenvalue weighted by atomic mass is 10.1. The van der Waals surface area contributed by atoms with E-state index in [1.807, 2.05) is 6.07 Å². The lowest BCUT2D eigenvalue weighted by Gasteiger charge is -2.09. The summed E-state index contributed by atoms with van der Waals surface area (Å²) < 4.78 is 5.18. The minimum absolute atomic E-state index is 0.322. The molecule has 0 radical (unpaired) electrons. The average Bonchev–Trinajstić information content (AvgIpc) is 3.25. The molecule has 24 heavy (non-hydrogen) atoms. The van der Waals surface area contributed by atoms with E-state index < -0.39 is 0 Å². The summed E-state index contributed by atoms with van der Waals surface area (Å²) in [5.41, 5.74) is 2.98. The predicted octanol–water partition coefficient (Wildman–Crippen LogP) is 4.35. The summed E-state index contributed by atoms with van der Waals surface area (Å²) in [4.78, 5) is 13.8. The van der Waals surface area contributed by atoms with Crippen LogP contribution in [0, 0.1) is 6.92 Å². The Labute approximate surface area is 151 Å². The number of anilines is 1. The van der Waals surface area contributed by atoms with Crippen molar-refractivity contribution < 1.29 is 9.53 Å². The van der Waals surface area contributed by atoms with Gasteiger partial charge in [-0.25, -0.2) is 4.79 Å². The van der Waals surface area contributed by atoms with Crippen molar-refractivity contribution in [2.24, 2.45) is 0 Å². The van der Waals surface area contributed by atoms with Gasteiger partial charge in [0.05, 0.1) is 12.3 Å². The summed E-state index contributed by atoms with van der Waals surface area (Å²) in [5.74, 6) is -0.322. The van der Waals surface area contributed by atoms with E-state index in [4.69, 9.17) is 17.0 Å². The van der Waals surface area contributed by atoms with E-state index in [9.17, 15) is 4.79 Å². The van der Waals surface area contributed by atoms with Crippen molar-refractivity contribution in [3.05, 3.63) is 40.8 Å². The topological polar surface area (TPSA) is 50.4 Å². The molecule has 3 rings (SSSR count). The van der Waals surface area contributed by atoms with Gasteiger partial charge < -0.3 is 15.4 Å². The van der Waals surface area contributed by atoms with Crippen molar-refractivity contribution in [1.82, 2.24) is 5.32 Å². The number of esters is 1. The van der Waals surface area contributed by atoms with Crippen molar-refractivity contribution in [3.8, 4) is 10.4 Å². The largest absolute Gasteiger partial charge is 0.462 e. The summed E-state index contributed by atoms with van der Waals surface area (Å²) in [5, 5.41) is 6.93. The monoisotopic (exact) mass is 360 g/mol. The normalized spacial score (nSPS) is 13.4. The highest BCUT2D eigenvalue weighted by Gasteiger charge is 2.23. The molecule has 6 heteroatoms. The highest BCUT2D eigenvalue weighted by molar-refractivity contribution is 7.80. The third kappa shape index (κ3) is 4.13. The van der Waals surface area contributed by atoms with Crippen LogP contribution < -0.4 is 10.6 Å². The maximum Gasteiger partial charge on any atom is 0.350 e. The second-order valence-electron chi connectivity index (χ2n) is 5.81. The first-order valence-corrected chi connectivity index (χ1v) is 9.25. The number of carbonyl (C=O) groups is 1. The third-order valence-electron chi connectivity index (χ3n) is 3.69. The molecule has 0 aliphatic heterocycles. The molecule has 1 aliphatic rings. The highest BCUT2D eigenvalue weighted by atomic mass is 32.1. The van der Waals surface area contributed by atoms with E-state index in [0.717, 1.165) is 23.3 Å². The molecule has 1 fully saturated rings. The first-order chi connectivity index (χ1) is 11.6. The summed E-state index contributed by atoms with van der Waals surface area (Å²) in [7, 11) is 0. The molecule has 2 aromatic rings. The van der Waals surface area contributed by atoms with Gasteiger partial charge in [0.1, 0.15) is 4.88 Å². The van der Waals surface area contributed by atoms with Gasteiger partial charge in [-0.2, -0.15) is 0 Å². The number of nitrogens with one attached hydrogen (secondary N) is 2. The first-order valence-electron chi connectivity index (χ1n) is 8.02. The number of thiophene rings is 1. The van der Waals surface area contributed by atoms with Gasteiger partial charge in [0, 0.05) is 10.9 Å². The number of hydrogen-bond acceptors (Lipinski definition) is 4. The van der Waals surface area contributed by atoms with Crippen LogP contribution in [0.4, 0.5) is 5.69 Å². The minimum atomic E-state index is -0.322. The fourth-order valence-electron chi connectivity index (χ4n) is 2.26. The second kappa shape index (κ2) is 7.32. The SMILES string of the molecule is CCOC(=O)c1sc(-c2ccc(C)cc2)cc1NC(=S)NC1CC1. The molecule has 0 saturated heterocycles. The summed E-state index contributed by atoms with van der Waals surface area (Å²) in [6, 6.07) is 10.7. The minimum Gasteiger partial charge on any atom is -0.462 e. The van der Waals surface area contributed by atoms with Crippen molar-refractivity contribution in [2.45, 2.75) is 32.7 Å². The smallest absolute Gasteiger partial charge is 0.350 e. The van der Waals surface area contributed by atoms with Gasteiger partial charge in [-0.3, -0.25) is 0 Å². The Morgan fingerprint density at radius 1 is 1.33 bits per heavy atom. The zero-order valence-corrected chi connectivity index (χ0v) is 15.4. The van der Waals surface area contributed by atoms with Gasteiger partial charge in [-0.15, -0.1) is 11.3 Å². The van der Waals surface area contributed by atoms with E-state index in [2.05, 4.69) is 41.8 Å². The van der Waals surface area contributed by atoms with Gasteiger partial charge in [0.2, 0.25) is 0 Å². The van der Waals surface area contributed by atoms with Crippen LogP contribution in [0.5, 0.6) is 0 Å². The van der Waals surface area contributed by atoms with E-state index in [0.29, 0.717) is 28.3 Å². The zero-order valence-electron chi connectivity index (χ0n) is 13.7. The van der Waals surface area contributed by atoms with E-state index >= 15 is 0 Å². The molecule has 1 aromatic carbocycles. The Morgan fingerprint density at radius 2 is 2.04 bits per heavy atom. The van der Waals surface area contributed by atoms with Crippen molar-refractivity contribution in [2.75, 3.05) is 11.9 Å². The van der Waals surface area contributed by atoms with E-state index in [1.54, 1.807) is 6.92 Å². The fourth-order valence-corrected chi connectivity index (χ4v) is 3.55. The number of thiocarbonyl (C=S) groups is 1. The molecule has 1 aliphatic carbocycles. The third-order valence-corrected chi connectivity index (χ3v) is 5.07. The lowest BCUT2D eigenvalue weighted by Crippen LogP contribution is -2.30. The molecule has 1 aromatic heterocycles. The molecular formula is C18H20N2O2S2. The van der Waals surface area contributed by atoms with Crippen LogP contribution >= 0.6 is 23.6 Å². The Hall–Kier alpha value is -1.92. The summed E-state index contributed by atoms with van der Waals surface area (Å²) >= 11 is 6.75. The maximum absolute atomic E-state index is 12.3. The molecular weight excluding hydrogens is 340 g/mol. The number of ether oxygens (including phenoxy) is 1. The Balaban J connectivity index is 1.87. The Bertz CT molecular complexity index is 749. The van der Waals surface area contributed by atoms with Gasteiger partial charge in [0.25, 0.3) is 0 Å². The van der Waals surface area contributed by atoms with Crippen LogP contribution in [-0.2, 0) is 4.74 Å². The molecule has 0 spiro atoms. The molecule has 1 heterocycles. The number of carbonyl (C=O) groups excluding carboxylic acids is 1. The summed E-state index contributed by atoms with van der Waals surface area (Å²) in [6.45, 7) is 4.21. The quantitative estimate of drug-likeness (QED) is 0.613. The molecule has 2 N–H and O–H groups in total. The molecule has 0 bridgehead atoms. The van der Waals surface area contributed by atoms with Crippen LogP contribution in [0.15, 0.2) is 30.3 Å². The van der Waals surface area contributed by atoms with Crippen LogP contribution in [0.2, 0.25) is 0 Å². The summed E-state index contributed by atoms with van der Waals surface area (Å²) in [6.07, 6.45) is 2.29. The lowest BCUT2D eigenvalue weighted by molar-refractivity contribution is 0.0533.